The van der Waals surface area contributed by atoms with E-state index in [1.165, 1.54) is 6.92 Å². The van der Waals surface area contributed by atoms with Crippen molar-refractivity contribution in [2.45, 2.75) is 45.1 Å². The van der Waals surface area contributed by atoms with Crippen LogP contribution in [-0.2, 0) is 15.0 Å². The molecule has 1 unspecified atom stereocenters. The zero-order valence-corrected chi connectivity index (χ0v) is 11.6. The van der Waals surface area contributed by atoms with Gasteiger partial charge in [0.2, 0.25) is 5.91 Å². The normalized spacial score (nSPS) is 12.8. The van der Waals surface area contributed by atoms with E-state index in [2.05, 4.69) is 5.32 Å². The molecule has 0 saturated heterocycles. The lowest BCUT2D eigenvalue weighted by atomic mass is 9.75. The third kappa shape index (κ3) is 3.13. The van der Waals surface area contributed by atoms with Crippen molar-refractivity contribution in [3.63, 3.8) is 0 Å². The van der Waals surface area contributed by atoms with Crippen LogP contribution in [0.3, 0.4) is 0 Å². The molecule has 0 saturated carbocycles. The number of rotatable bonds is 6. The lowest BCUT2D eigenvalue weighted by molar-refractivity contribution is -0.142. The van der Waals surface area contributed by atoms with Gasteiger partial charge in [0.05, 0.1) is 5.41 Å². The lowest BCUT2D eigenvalue weighted by Crippen LogP contribution is -2.49. The average Bonchev–Trinajstić information content (AvgIpc) is 2.42. The summed E-state index contributed by atoms with van der Waals surface area (Å²) in [7, 11) is 0. The van der Waals surface area contributed by atoms with Gasteiger partial charge in [-0.15, -0.1) is 0 Å². The first-order valence-corrected chi connectivity index (χ1v) is 6.57. The molecule has 1 rings (SSSR count). The first-order valence-electron chi connectivity index (χ1n) is 6.57. The molecular formula is C15H21NO3. The molecule has 0 aliphatic heterocycles. The first-order chi connectivity index (χ1) is 8.97. The van der Waals surface area contributed by atoms with Crippen molar-refractivity contribution in [1.29, 1.82) is 0 Å². The molecule has 0 heterocycles. The molecule has 1 atom stereocenters. The Hall–Kier alpha value is -1.84. The van der Waals surface area contributed by atoms with Crippen LogP contribution in [0.4, 0.5) is 0 Å². The van der Waals surface area contributed by atoms with Crippen LogP contribution in [-0.4, -0.2) is 23.0 Å². The number of hydrogen-bond donors (Lipinski definition) is 2. The summed E-state index contributed by atoms with van der Waals surface area (Å²) in [5, 5.41) is 11.5. The van der Waals surface area contributed by atoms with Crippen LogP contribution >= 0.6 is 0 Å². The Bertz CT molecular complexity index is 438. The maximum Gasteiger partial charge on any atom is 0.325 e. The standard InChI is InChI=1S/C15H21NO3/c1-4-15(5-2,12-9-7-6-8-10-12)14(19)16-11(3)13(17)18/h6-11H,4-5H2,1-3H3,(H,16,19)(H,17,18). The molecule has 0 spiro atoms. The van der Waals surface area contributed by atoms with E-state index in [0.29, 0.717) is 12.8 Å². The molecule has 0 bridgehead atoms. The van der Waals surface area contributed by atoms with E-state index in [9.17, 15) is 9.59 Å². The number of carboxylic acids is 1. The minimum absolute atomic E-state index is 0.224. The molecule has 1 amide bonds. The Balaban J connectivity index is 3.06. The van der Waals surface area contributed by atoms with Crippen molar-refractivity contribution in [2.24, 2.45) is 0 Å². The van der Waals surface area contributed by atoms with E-state index < -0.39 is 17.4 Å². The maximum atomic E-state index is 12.5. The highest BCUT2D eigenvalue weighted by Crippen LogP contribution is 2.32. The second-order valence-electron chi connectivity index (χ2n) is 4.69. The predicted octanol–water partition coefficient (Wildman–Crippen LogP) is 2.33. The highest BCUT2D eigenvalue weighted by atomic mass is 16.4. The van der Waals surface area contributed by atoms with E-state index in [0.717, 1.165) is 5.56 Å². The van der Waals surface area contributed by atoms with Crippen molar-refractivity contribution in [3.8, 4) is 0 Å². The Morgan fingerprint density at radius 2 is 1.74 bits per heavy atom. The second-order valence-corrected chi connectivity index (χ2v) is 4.69. The molecule has 4 nitrogen and oxygen atoms in total. The van der Waals surface area contributed by atoms with Gasteiger partial charge in [-0.3, -0.25) is 9.59 Å². The number of hydrogen-bond acceptors (Lipinski definition) is 2. The fourth-order valence-corrected chi connectivity index (χ4v) is 2.26. The molecule has 4 heteroatoms. The summed E-state index contributed by atoms with van der Waals surface area (Å²) in [6.07, 6.45) is 1.26. The van der Waals surface area contributed by atoms with Crippen molar-refractivity contribution in [3.05, 3.63) is 35.9 Å². The Morgan fingerprint density at radius 3 is 2.16 bits per heavy atom. The average molecular weight is 263 g/mol. The molecule has 0 aliphatic rings. The van der Waals surface area contributed by atoms with Crippen LogP contribution in [0, 0.1) is 0 Å². The topological polar surface area (TPSA) is 66.4 Å². The Kier molecular flexibility index (Phi) is 5.10. The molecule has 19 heavy (non-hydrogen) atoms. The maximum absolute atomic E-state index is 12.5. The molecular weight excluding hydrogens is 242 g/mol. The van der Waals surface area contributed by atoms with Crippen LogP contribution in [0.1, 0.15) is 39.2 Å². The van der Waals surface area contributed by atoms with Gasteiger partial charge in [-0.2, -0.15) is 0 Å². The largest absolute Gasteiger partial charge is 0.480 e. The Morgan fingerprint density at radius 1 is 1.21 bits per heavy atom. The first kappa shape index (κ1) is 15.2. The van der Waals surface area contributed by atoms with Crippen molar-refractivity contribution in [1.82, 2.24) is 5.32 Å². The molecule has 0 aliphatic carbocycles. The second kappa shape index (κ2) is 6.36. The van der Waals surface area contributed by atoms with Gasteiger partial charge in [0.1, 0.15) is 6.04 Å². The minimum atomic E-state index is -1.03. The van der Waals surface area contributed by atoms with Crippen LogP contribution < -0.4 is 5.32 Å². The zero-order valence-electron chi connectivity index (χ0n) is 11.6. The minimum Gasteiger partial charge on any atom is -0.480 e. The number of carbonyl (C=O) groups is 2. The number of nitrogens with one attached hydrogen (secondary N) is 1. The Labute approximate surface area is 113 Å². The summed E-state index contributed by atoms with van der Waals surface area (Å²) >= 11 is 0. The molecule has 1 aromatic rings. The molecule has 2 N–H and O–H groups in total. The highest BCUT2D eigenvalue weighted by Gasteiger charge is 2.37. The van der Waals surface area contributed by atoms with Crippen LogP contribution in [0.25, 0.3) is 0 Å². The monoisotopic (exact) mass is 263 g/mol. The number of benzene rings is 1. The fraction of sp³-hybridized carbons (Fsp3) is 0.467. The molecule has 0 aromatic heterocycles. The predicted molar refractivity (Wildman–Crippen MR) is 73.9 cm³/mol. The van der Waals surface area contributed by atoms with E-state index in [4.69, 9.17) is 5.11 Å². The quantitative estimate of drug-likeness (QED) is 0.827. The van der Waals surface area contributed by atoms with Crippen LogP contribution in [0.15, 0.2) is 30.3 Å². The van der Waals surface area contributed by atoms with Crippen molar-refractivity contribution < 1.29 is 14.7 Å². The number of carbonyl (C=O) groups excluding carboxylic acids is 1. The van der Waals surface area contributed by atoms with Crippen molar-refractivity contribution >= 4 is 11.9 Å². The SMILES string of the molecule is CCC(CC)(C(=O)NC(C)C(=O)O)c1ccccc1. The van der Waals surface area contributed by atoms with Gasteiger partial charge in [0.25, 0.3) is 0 Å². The summed E-state index contributed by atoms with van der Waals surface area (Å²) in [5.74, 6) is -1.25. The van der Waals surface area contributed by atoms with E-state index in [1.54, 1.807) is 0 Å². The third-order valence-electron chi connectivity index (χ3n) is 3.69. The number of amides is 1. The van der Waals surface area contributed by atoms with E-state index in [-0.39, 0.29) is 5.91 Å². The summed E-state index contributed by atoms with van der Waals surface area (Å²) in [5.41, 5.74) is 0.264. The smallest absolute Gasteiger partial charge is 0.325 e. The van der Waals surface area contributed by atoms with Gasteiger partial charge < -0.3 is 10.4 Å². The van der Waals surface area contributed by atoms with Gasteiger partial charge in [0.15, 0.2) is 0 Å². The lowest BCUT2D eigenvalue weighted by Gasteiger charge is -2.31. The third-order valence-corrected chi connectivity index (χ3v) is 3.69. The van der Waals surface area contributed by atoms with Gasteiger partial charge in [-0.1, -0.05) is 44.2 Å². The zero-order chi connectivity index (χ0) is 14.5. The molecule has 1 aromatic carbocycles. The van der Waals surface area contributed by atoms with Gasteiger partial charge in [0, 0.05) is 0 Å². The molecule has 104 valence electrons. The summed E-state index contributed by atoms with van der Waals surface area (Å²) in [6.45, 7) is 5.37. The number of carboxylic acid groups (broad SMARTS) is 1. The van der Waals surface area contributed by atoms with Gasteiger partial charge in [-0.25, -0.2) is 0 Å². The summed E-state index contributed by atoms with van der Waals surface area (Å²) < 4.78 is 0. The molecule has 0 radical (unpaired) electrons. The molecule has 0 fully saturated rings. The van der Waals surface area contributed by atoms with Crippen LogP contribution in [0.2, 0.25) is 0 Å². The van der Waals surface area contributed by atoms with Gasteiger partial charge in [-0.05, 0) is 25.3 Å². The summed E-state index contributed by atoms with van der Waals surface area (Å²) in [4.78, 5) is 23.3. The van der Waals surface area contributed by atoms with E-state index in [1.807, 2.05) is 44.2 Å². The summed E-state index contributed by atoms with van der Waals surface area (Å²) in [6, 6.07) is 8.63. The fourth-order valence-electron chi connectivity index (χ4n) is 2.26. The van der Waals surface area contributed by atoms with Crippen molar-refractivity contribution in [2.75, 3.05) is 0 Å². The van der Waals surface area contributed by atoms with Gasteiger partial charge >= 0.3 is 5.97 Å². The highest BCUT2D eigenvalue weighted by molar-refractivity contribution is 5.91. The van der Waals surface area contributed by atoms with E-state index >= 15 is 0 Å². The number of aliphatic carboxylic acids is 1. The van der Waals surface area contributed by atoms with Crippen LogP contribution in [0.5, 0.6) is 0 Å².